The SMILES string of the molecule is C#Cc1c(F)ccc2cccc(-c3nc4c5c(nc(OC[C@@]67CCCN6[C@H](COC(=O)N6CC[C@@H](CC8CCN(c9ccc%10c(C%11CCC(=O)NC%11=O)nn(C)c%10c9)CC8)[C@H](C)C6)CC7)nc5c3F)N3CCCOC[C@@H]3CC4)c12. The lowest BCUT2D eigenvalue weighted by molar-refractivity contribution is -0.134. The topological polar surface area (TPSA) is 160 Å². The number of carbonyl (C=O) groups excluding carboxylic acids is 3. The van der Waals surface area contributed by atoms with Gasteiger partial charge in [0.25, 0.3) is 0 Å². The van der Waals surface area contributed by atoms with E-state index in [-0.39, 0.29) is 58.3 Å². The standard InChI is InChI=1S/C61H68F2N10O6/c1-4-43-47(62)15-10-38-8-5-9-45(51(38)43)55-53(63)56-52-48(64-55)16-12-41-33-77-29-7-24-72(41)57(52)67-59(66-56)79-35-61-22-6-25-73(61)42(18-23-61)34-78-60(76)71-28-21-39(36(2)32-71)30-37-19-26-70(27-20-37)40-11-13-44-49(31-40)69(3)68-54(44)46-14-17-50(74)65-58(46)75/h1,5,8-11,13,15,31,36-37,39,41-42,46H,6-7,12,14,16-30,32-35H2,2-3H3,(H,65,74,75)/t36-,39+,41+,42+,46?,61+/m1/s1. The molecule has 0 aliphatic carbocycles. The maximum absolute atomic E-state index is 17.5. The second-order valence-corrected chi connectivity index (χ2v) is 23.5. The number of fused-ring (bicyclic) bond motifs is 5. The first kappa shape index (κ1) is 51.5. The number of benzene rings is 3. The van der Waals surface area contributed by atoms with E-state index < -0.39 is 17.6 Å². The highest BCUT2D eigenvalue weighted by Gasteiger charge is 2.50. The highest BCUT2D eigenvalue weighted by molar-refractivity contribution is 6.04. The molecule has 0 saturated carbocycles. The smallest absolute Gasteiger partial charge is 0.409 e. The van der Waals surface area contributed by atoms with Gasteiger partial charge < -0.3 is 28.9 Å². The lowest BCUT2D eigenvalue weighted by atomic mass is 9.78. The van der Waals surface area contributed by atoms with Crippen molar-refractivity contribution >= 4 is 62.0 Å². The molecule has 6 fully saturated rings. The van der Waals surface area contributed by atoms with Gasteiger partial charge in [-0.25, -0.2) is 18.6 Å². The minimum atomic E-state index is -0.640. The number of nitrogens with zero attached hydrogens (tertiary/aromatic N) is 9. The number of anilines is 2. The molecule has 13 rings (SSSR count). The molecule has 0 spiro atoms. The minimum Gasteiger partial charge on any atom is -0.461 e. The number of carbonyl (C=O) groups is 3. The summed E-state index contributed by atoms with van der Waals surface area (Å²) < 4.78 is 53.4. The van der Waals surface area contributed by atoms with Crippen LogP contribution in [-0.4, -0.2) is 136 Å². The average Bonchev–Trinajstić information content (AvgIpc) is 4.26. The van der Waals surface area contributed by atoms with Crippen molar-refractivity contribution in [1.29, 1.82) is 0 Å². The van der Waals surface area contributed by atoms with Crippen LogP contribution in [0.4, 0.5) is 25.1 Å². The van der Waals surface area contributed by atoms with E-state index in [1.807, 2.05) is 22.7 Å². The molecule has 18 heteroatoms. The number of aromatic nitrogens is 5. The summed E-state index contributed by atoms with van der Waals surface area (Å²) in [6.07, 6.45) is 16.4. The Hall–Kier alpha value is -6.97. The van der Waals surface area contributed by atoms with E-state index in [1.54, 1.807) is 18.2 Å². The van der Waals surface area contributed by atoms with Crippen LogP contribution in [0.2, 0.25) is 0 Å². The number of amides is 3. The normalized spacial score (nSPS) is 25.8. The predicted molar refractivity (Wildman–Crippen MR) is 296 cm³/mol. The summed E-state index contributed by atoms with van der Waals surface area (Å²) in [4.78, 5) is 62.2. The van der Waals surface area contributed by atoms with Crippen LogP contribution in [0.3, 0.4) is 0 Å². The number of pyridine rings is 1. The van der Waals surface area contributed by atoms with Crippen molar-refractivity contribution in [3.05, 3.63) is 77.1 Å². The van der Waals surface area contributed by atoms with E-state index >= 15 is 8.78 Å². The predicted octanol–water partition coefficient (Wildman–Crippen LogP) is 8.83. The van der Waals surface area contributed by atoms with E-state index in [0.29, 0.717) is 116 Å². The second kappa shape index (κ2) is 20.9. The fourth-order valence-corrected chi connectivity index (χ4v) is 14.7. The van der Waals surface area contributed by atoms with Crippen molar-refractivity contribution in [3.8, 4) is 29.6 Å². The number of terminal acetylenes is 1. The van der Waals surface area contributed by atoms with Gasteiger partial charge in [0.1, 0.15) is 36.1 Å². The van der Waals surface area contributed by atoms with Crippen molar-refractivity contribution in [2.75, 3.05) is 75.5 Å². The van der Waals surface area contributed by atoms with Gasteiger partial charge in [-0.15, -0.1) is 6.42 Å². The quantitative estimate of drug-likeness (QED) is 0.103. The third kappa shape index (κ3) is 9.37. The van der Waals surface area contributed by atoms with Gasteiger partial charge in [-0.2, -0.15) is 15.1 Å². The van der Waals surface area contributed by atoms with Gasteiger partial charge in [-0.05, 0) is 131 Å². The molecule has 1 N–H and O–H groups in total. The van der Waals surface area contributed by atoms with Gasteiger partial charge >= 0.3 is 12.1 Å². The lowest BCUT2D eigenvalue weighted by Gasteiger charge is -2.40. The van der Waals surface area contributed by atoms with Crippen LogP contribution in [0, 0.1) is 41.7 Å². The van der Waals surface area contributed by atoms with Gasteiger partial charge in [0, 0.05) is 80.9 Å². The van der Waals surface area contributed by atoms with Crippen LogP contribution >= 0.6 is 0 Å². The molecule has 0 radical (unpaired) electrons. The molecule has 3 amide bonds. The van der Waals surface area contributed by atoms with Crippen molar-refractivity contribution in [1.82, 2.24) is 39.8 Å². The molecule has 0 bridgehead atoms. The third-order valence-electron chi connectivity index (χ3n) is 18.9. The summed E-state index contributed by atoms with van der Waals surface area (Å²) in [6, 6.07) is 14.9. The zero-order valence-corrected chi connectivity index (χ0v) is 45.2. The zero-order chi connectivity index (χ0) is 54.1. The lowest BCUT2D eigenvalue weighted by Crippen LogP contribution is -2.49. The van der Waals surface area contributed by atoms with Crippen LogP contribution < -0.4 is 19.9 Å². The molecular formula is C61H68F2N10O6. The summed E-state index contributed by atoms with van der Waals surface area (Å²) in [5.41, 5.74) is 3.86. The van der Waals surface area contributed by atoms with Crippen molar-refractivity contribution < 1.29 is 37.4 Å². The molecule has 6 atom stereocenters. The van der Waals surface area contributed by atoms with Gasteiger partial charge in [0.15, 0.2) is 5.82 Å². The molecule has 3 aromatic heterocycles. The second-order valence-electron chi connectivity index (χ2n) is 23.5. The maximum atomic E-state index is 17.5. The zero-order valence-electron chi connectivity index (χ0n) is 45.2. The van der Waals surface area contributed by atoms with Crippen LogP contribution in [0.5, 0.6) is 6.01 Å². The Labute approximate surface area is 458 Å². The van der Waals surface area contributed by atoms with E-state index in [1.165, 1.54) is 6.07 Å². The third-order valence-corrected chi connectivity index (χ3v) is 18.9. The Morgan fingerprint density at radius 3 is 2.65 bits per heavy atom. The summed E-state index contributed by atoms with van der Waals surface area (Å²) in [6.45, 7) is 8.88. The first-order valence-electron chi connectivity index (χ1n) is 28.7. The van der Waals surface area contributed by atoms with E-state index in [0.717, 1.165) is 106 Å². The Morgan fingerprint density at radius 2 is 1.81 bits per heavy atom. The number of piperidine rings is 3. The van der Waals surface area contributed by atoms with E-state index in [4.69, 9.17) is 40.7 Å². The minimum absolute atomic E-state index is 0.00441. The average molecular weight is 1080 g/mol. The van der Waals surface area contributed by atoms with Gasteiger partial charge in [0.2, 0.25) is 11.8 Å². The Kier molecular flexibility index (Phi) is 13.6. The van der Waals surface area contributed by atoms with Crippen molar-refractivity contribution in [3.63, 3.8) is 0 Å². The van der Waals surface area contributed by atoms with Crippen LogP contribution in [0.15, 0.2) is 48.5 Å². The van der Waals surface area contributed by atoms with Gasteiger partial charge in [-0.3, -0.25) is 24.5 Å². The number of rotatable bonds is 10. The van der Waals surface area contributed by atoms with Crippen LogP contribution in [0.1, 0.15) is 107 Å². The molecular weight excluding hydrogens is 1010 g/mol. The highest BCUT2D eigenvalue weighted by atomic mass is 19.1. The van der Waals surface area contributed by atoms with Crippen LogP contribution in [-0.2, 0) is 32.5 Å². The number of likely N-dealkylation sites (tertiary alicyclic amines) is 1. The molecule has 7 aliphatic heterocycles. The number of hydrogen-bond acceptors (Lipinski definition) is 13. The number of nitrogens with one attached hydrogen (secondary N) is 1. The molecule has 412 valence electrons. The molecule has 16 nitrogen and oxygen atoms in total. The first-order valence-corrected chi connectivity index (χ1v) is 28.7. The van der Waals surface area contributed by atoms with E-state index in [9.17, 15) is 14.4 Å². The molecule has 7 aliphatic rings. The molecule has 6 saturated heterocycles. The van der Waals surface area contributed by atoms with E-state index in [2.05, 4.69) is 51.1 Å². The maximum Gasteiger partial charge on any atom is 0.409 e. The fourth-order valence-electron chi connectivity index (χ4n) is 14.7. The van der Waals surface area contributed by atoms with Gasteiger partial charge in [0.05, 0.1) is 52.0 Å². The van der Waals surface area contributed by atoms with Crippen molar-refractivity contribution in [2.45, 2.75) is 114 Å². The highest BCUT2D eigenvalue weighted by Crippen LogP contribution is 2.45. The number of aryl methyl sites for hydroxylation is 2. The summed E-state index contributed by atoms with van der Waals surface area (Å²) in [5.74, 6) is 2.50. The molecule has 1 unspecified atom stereocenters. The molecule has 6 aromatic rings. The molecule has 79 heavy (non-hydrogen) atoms. The Morgan fingerprint density at radius 1 is 0.937 bits per heavy atom. The first-order chi connectivity index (χ1) is 38.4. The van der Waals surface area contributed by atoms with Crippen LogP contribution in [0.25, 0.3) is 43.8 Å². The van der Waals surface area contributed by atoms with Gasteiger partial charge in [-0.1, -0.05) is 37.1 Å². The summed E-state index contributed by atoms with van der Waals surface area (Å²) in [7, 11) is 1.91. The summed E-state index contributed by atoms with van der Waals surface area (Å²) in [5, 5.41) is 9.84. The Bertz CT molecular complexity index is 3450. The monoisotopic (exact) mass is 1070 g/mol. The largest absolute Gasteiger partial charge is 0.461 e. The Balaban J connectivity index is 0.641. The number of imide groups is 1. The number of ether oxygens (including phenoxy) is 3. The summed E-state index contributed by atoms with van der Waals surface area (Å²) >= 11 is 0. The number of halogens is 2. The molecule has 3 aromatic carbocycles. The molecule has 10 heterocycles. The number of hydrogen-bond donors (Lipinski definition) is 1. The van der Waals surface area contributed by atoms with Crippen molar-refractivity contribution in [2.24, 2.45) is 24.8 Å². The fraction of sp³-hybridized carbons (Fsp3) is 0.525.